The van der Waals surface area contributed by atoms with Crippen LogP contribution in [-0.4, -0.2) is 45.8 Å². The molecule has 0 aliphatic heterocycles. The number of nitrogens with zero attached hydrogens (tertiary/aromatic N) is 2. The van der Waals surface area contributed by atoms with E-state index in [9.17, 15) is 21.6 Å². The van der Waals surface area contributed by atoms with E-state index in [1.807, 2.05) is 30.6 Å². The van der Waals surface area contributed by atoms with Crippen molar-refractivity contribution in [3.63, 3.8) is 0 Å². The van der Waals surface area contributed by atoms with Crippen LogP contribution in [0.4, 0.5) is 33.3 Å². The molecule has 4 rings (SSSR count). The maximum atomic E-state index is 15.0. The molecule has 6 nitrogen and oxygen atoms in total. The molecular formula is C32H34F5N2O4S2+. The molecule has 0 heterocycles. The number of halogens is 5. The van der Waals surface area contributed by atoms with Gasteiger partial charge in [0.1, 0.15) is 11.4 Å². The predicted molar refractivity (Wildman–Crippen MR) is 167 cm³/mol. The zero-order valence-electron chi connectivity index (χ0n) is 25.7. The third-order valence-electron chi connectivity index (χ3n) is 6.60. The van der Waals surface area contributed by atoms with Gasteiger partial charge in [-0.1, -0.05) is 6.07 Å². The Bertz CT molecular complexity index is 1730. The molecular weight excluding hydrogens is 635 g/mol. The van der Waals surface area contributed by atoms with Gasteiger partial charge in [-0.2, -0.15) is 0 Å². The zero-order valence-corrected chi connectivity index (χ0v) is 27.3. The fourth-order valence-corrected chi connectivity index (χ4v) is 10.1. The predicted octanol–water partition coefficient (Wildman–Crippen LogP) is 8.37. The number of hydrogen-bond acceptors (Lipinski definition) is 5. The van der Waals surface area contributed by atoms with E-state index in [0.717, 1.165) is 11.4 Å². The fraction of sp³-hybridized carbons (Fsp3) is 0.250. The van der Waals surface area contributed by atoms with Crippen LogP contribution in [-0.2, 0) is 10.1 Å². The van der Waals surface area contributed by atoms with Crippen molar-refractivity contribution in [1.29, 1.82) is 0 Å². The number of ether oxygens (including phenoxy) is 1. The molecule has 0 aliphatic carbocycles. The van der Waals surface area contributed by atoms with E-state index in [-0.39, 0.29) is 4.90 Å². The van der Waals surface area contributed by atoms with Crippen LogP contribution in [0.2, 0.25) is 0 Å². The Morgan fingerprint density at radius 3 is 1.44 bits per heavy atom. The van der Waals surface area contributed by atoms with Gasteiger partial charge in [0.25, 0.3) is 0 Å². The quantitative estimate of drug-likeness (QED) is 0.0589. The average molecular weight is 670 g/mol. The summed E-state index contributed by atoms with van der Waals surface area (Å²) in [6, 6.07) is 19.8. The molecule has 0 unspecified atom stereocenters. The molecule has 13 heteroatoms. The van der Waals surface area contributed by atoms with Gasteiger partial charge in [0.15, 0.2) is 23.3 Å². The summed E-state index contributed by atoms with van der Waals surface area (Å²) in [6.07, 6.45) is 0. The first kappa shape index (κ1) is 34.1. The van der Waals surface area contributed by atoms with E-state index in [0.29, 0.717) is 15.5 Å². The highest BCUT2D eigenvalue weighted by atomic mass is 32.3. The summed E-state index contributed by atoms with van der Waals surface area (Å²) in [5.41, 5.74) is 0.848. The Labute approximate surface area is 261 Å². The molecule has 0 fully saturated rings. The van der Waals surface area contributed by atoms with Crippen molar-refractivity contribution in [3.05, 3.63) is 102 Å². The van der Waals surface area contributed by atoms with Crippen LogP contribution in [0.5, 0.6) is 5.75 Å². The Hall–Kier alpha value is -3.81. The molecule has 0 aromatic heterocycles. The number of benzene rings is 4. The van der Waals surface area contributed by atoms with Crippen LogP contribution in [0.15, 0.2) is 92.4 Å². The Balaban J connectivity index is 2.12. The van der Waals surface area contributed by atoms with E-state index >= 15 is 8.78 Å². The van der Waals surface area contributed by atoms with Gasteiger partial charge in [0, 0.05) is 39.6 Å². The molecule has 0 radical (unpaired) electrons. The van der Waals surface area contributed by atoms with Crippen LogP contribution >= 0.6 is 10.3 Å². The van der Waals surface area contributed by atoms with Crippen molar-refractivity contribution >= 4 is 31.8 Å². The SMILES string of the molecule is CN(C)c1ccc(S([OH+]S(=O)(=O)c2c(F)c(F)c(F)c(F)c2F)(c2ccc(N(C)C)cc2)c2cccc(OC(C)(C)C)c2)cc1. The number of rotatable bonds is 9. The minimum atomic E-state index is -5.58. The van der Waals surface area contributed by atoms with E-state index in [4.69, 9.17) is 4.74 Å². The van der Waals surface area contributed by atoms with E-state index in [1.165, 1.54) is 0 Å². The molecule has 0 amide bonds. The third-order valence-corrected chi connectivity index (χ3v) is 12.0. The molecule has 0 spiro atoms. The van der Waals surface area contributed by atoms with Crippen molar-refractivity contribution in [2.45, 2.75) is 46.0 Å². The Morgan fingerprint density at radius 1 is 0.622 bits per heavy atom. The molecule has 1 N–H and O–H groups in total. The van der Waals surface area contributed by atoms with E-state index < -0.39 is 60.0 Å². The summed E-state index contributed by atoms with van der Waals surface area (Å²) in [5, 5.41) is 0. The van der Waals surface area contributed by atoms with Crippen molar-refractivity contribution in [2.75, 3.05) is 38.0 Å². The van der Waals surface area contributed by atoms with Crippen LogP contribution in [0.1, 0.15) is 20.8 Å². The van der Waals surface area contributed by atoms with Crippen LogP contribution in [0, 0.1) is 29.1 Å². The highest BCUT2D eigenvalue weighted by Crippen LogP contribution is 2.69. The van der Waals surface area contributed by atoms with Gasteiger partial charge in [-0.05, 0) is 87.5 Å². The van der Waals surface area contributed by atoms with E-state index in [1.54, 1.807) is 101 Å². The van der Waals surface area contributed by atoms with E-state index in [2.05, 4.69) is 3.63 Å². The van der Waals surface area contributed by atoms with Crippen molar-refractivity contribution < 1.29 is 38.7 Å². The molecule has 0 saturated heterocycles. The largest absolute Gasteiger partial charge is 0.488 e. The lowest BCUT2D eigenvalue weighted by Gasteiger charge is -2.35. The summed E-state index contributed by atoms with van der Waals surface area (Å²) in [4.78, 5) is 2.48. The van der Waals surface area contributed by atoms with Gasteiger partial charge >= 0.3 is 10.1 Å². The van der Waals surface area contributed by atoms with Gasteiger partial charge in [-0.3, -0.25) is 3.63 Å². The lowest BCUT2D eigenvalue weighted by atomic mass is 10.2. The number of anilines is 2. The van der Waals surface area contributed by atoms with Crippen LogP contribution in [0.3, 0.4) is 0 Å². The van der Waals surface area contributed by atoms with Crippen molar-refractivity contribution in [2.24, 2.45) is 0 Å². The summed E-state index contributed by atoms with van der Waals surface area (Å²) < 4.78 is 111. The highest BCUT2D eigenvalue weighted by molar-refractivity contribution is 8.32. The first-order chi connectivity index (χ1) is 20.9. The second kappa shape index (κ2) is 12.5. The topological polar surface area (TPSA) is 62.7 Å². The van der Waals surface area contributed by atoms with Crippen LogP contribution in [0.25, 0.3) is 0 Å². The summed E-state index contributed by atoms with van der Waals surface area (Å²) >= 11 is 0. The Morgan fingerprint density at radius 2 is 1.04 bits per heavy atom. The number of hydrogen-bond donors (Lipinski definition) is 0. The summed E-state index contributed by atoms with van der Waals surface area (Å²) in [6.45, 7) is 5.45. The molecule has 0 aliphatic rings. The lowest BCUT2D eigenvalue weighted by molar-refractivity contribution is 0.130. The zero-order chi connectivity index (χ0) is 33.5. The minimum Gasteiger partial charge on any atom is -0.488 e. The maximum absolute atomic E-state index is 15.0. The normalized spacial score (nSPS) is 12.6. The highest BCUT2D eigenvalue weighted by Gasteiger charge is 2.47. The van der Waals surface area contributed by atoms with Gasteiger partial charge in [0.05, 0.1) is 25.0 Å². The summed E-state index contributed by atoms with van der Waals surface area (Å²) in [7, 11) is -1.78. The molecule has 242 valence electrons. The average Bonchev–Trinajstić information content (AvgIpc) is 2.97. The standard InChI is InChI=1S/C32H33F5N2O4S2/c1-32(2,3)42-22-9-8-10-25(19-22)44(23-15-11-20(12-16-23)38(4)5,24-17-13-21(14-18-24)39(6)7)43-45(40,41)31-29(36)27(34)26(33)28(35)30(31)37/h8-19H,1-7H3/p+1. The molecule has 0 atom stereocenters. The molecule has 0 bridgehead atoms. The van der Waals surface area contributed by atoms with Crippen molar-refractivity contribution in [3.8, 4) is 5.75 Å². The van der Waals surface area contributed by atoms with Gasteiger partial charge in [-0.25, -0.2) is 22.0 Å². The minimum absolute atomic E-state index is 0.270. The van der Waals surface area contributed by atoms with Gasteiger partial charge in [0.2, 0.25) is 10.7 Å². The molecule has 4 aromatic carbocycles. The lowest BCUT2D eigenvalue weighted by Crippen LogP contribution is -2.24. The molecule has 45 heavy (non-hydrogen) atoms. The van der Waals surface area contributed by atoms with Crippen LogP contribution < -0.4 is 14.5 Å². The second-order valence-electron chi connectivity index (χ2n) is 11.5. The van der Waals surface area contributed by atoms with Gasteiger partial charge in [-0.15, -0.1) is 8.42 Å². The monoisotopic (exact) mass is 669 g/mol. The smallest absolute Gasteiger partial charge is 0.428 e. The first-order valence-corrected chi connectivity index (χ1v) is 16.6. The molecule has 0 saturated carbocycles. The maximum Gasteiger partial charge on any atom is 0.428 e. The first-order valence-electron chi connectivity index (χ1n) is 13.6. The van der Waals surface area contributed by atoms with Crippen molar-refractivity contribution in [1.82, 2.24) is 0 Å². The second-order valence-corrected chi connectivity index (χ2v) is 16.0. The summed E-state index contributed by atoms with van der Waals surface area (Å²) in [5.74, 6) is -11.9. The third kappa shape index (κ3) is 6.75. The molecule has 4 aromatic rings. The Kier molecular flexibility index (Phi) is 9.49. The van der Waals surface area contributed by atoms with Gasteiger partial charge < -0.3 is 14.5 Å². The fourth-order valence-electron chi connectivity index (χ4n) is 4.49.